The third-order valence-electron chi connectivity index (χ3n) is 5.22. The molecule has 0 aromatic heterocycles. The zero-order chi connectivity index (χ0) is 15.5. The molecule has 0 aromatic carbocycles. The number of rotatable bonds is 5. The van der Waals surface area contributed by atoms with Gasteiger partial charge in [-0.3, -0.25) is 4.79 Å². The number of hydrogen-bond acceptors (Lipinski definition) is 4. The summed E-state index contributed by atoms with van der Waals surface area (Å²) < 4.78 is 5.08. The minimum atomic E-state index is -0.643. The van der Waals surface area contributed by atoms with E-state index in [1.54, 1.807) is 0 Å². The third kappa shape index (κ3) is 4.68. The summed E-state index contributed by atoms with van der Waals surface area (Å²) in [6.45, 7) is 7.56. The Morgan fingerprint density at radius 2 is 1.90 bits per heavy atom. The number of ether oxygens (including phenoxy) is 1. The Kier molecular flexibility index (Phi) is 5.31. The largest absolute Gasteiger partial charge is 0.466 e. The van der Waals surface area contributed by atoms with Crippen LogP contribution in [0.5, 0.6) is 0 Å². The molecule has 0 bridgehead atoms. The van der Waals surface area contributed by atoms with Gasteiger partial charge < -0.3 is 15.2 Å². The van der Waals surface area contributed by atoms with Gasteiger partial charge in [0.2, 0.25) is 0 Å². The Balaban J connectivity index is 1.74. The van der Waals surface area contributed by atoms with Gasteiger partial charge in [0.15, 0.2) is 0 Å². The highest BCUT2D eigenvalue weighted by Crippen LogP contribution is 2.38. The number of carbonyl (C=O) groups excluding carboxylic acids is 1. The van der Waals surface area contributed by atoms with Crippen molar-refractivity contribution >= 4 is 5.97 Å². The fourth-order valence-electron chi connectivity index (χ4n) is 3.77. The second-order valence-corrected chi connectivity index (χ2v) is 7.74. The molecule has 2 N–H and O–H groups in total. The highest BCUT2D eigenvalue weighted by Gasteiger charge is 2.38. The lowest BCUT2D eigenvalue weighted by Gasteiger charge is -2.36. The van der Waals surface area contributed by atoms with Crippen LogP contribution in [0.15, 0.2) is 0 Å². The number of hydrogen-bond donors (Lipinski definition) is 2. The molecule has 0 heterocycles. The first kappa shape index (κ1) is 16.8. The Morgan fingerprint density at radius 3 is 2.43 bits per heavy atom. The van der Waals surface area contributed by atoms with Crippen LogP contribution in [0.3, 0.4) is 0 Å². The maximum absolute atomic E-state index is 11.7. The predicted octanol–water partition coefficient (Wildman–Crippen LogP) is 2.64. The quantitative estimate of drug-likeness (QED) is 0.766. The number of carbonyl (C=O) groups is 1. The van der Waals surface area contributed by atoms with E-state index in [0.717, 1.165) is 12.8 Å². The monoisotopic (exact) mass is 297 g/mol. The first-order valence-corrected chi connectivity index (χ1v) is 8.46. The molecule has 2 aliphatic rings. The summed E-state index contributed by atoms with van der Waals surface area (Å²) in [7, 11) is 0. The number of esters is 1. The van der Waals surface area contributed by atoms with Gasteiger partial charge in [-0.05, 0) is 57.3 Å². The van der Waals surface area contributed by atoms with E-state index in [1.807, 2.05) is 6.92 Å². The smallest absolute Gasteiger partial charge is 0.308 e. The third-order valence-corrected chi connectivity index (χ3v) is 5.22. The molecule has 4 nitrogen and oxygen atoms in total. The lowest BCUT2D eigenvalue weighted by atomic mass is 9.78. The van der Waals surface area contributed by atoms with Gasteiger partial charge in [-0.25, -0.2) is 0 Å². The Hall–Kier alpha value is -0.610. The van der Waals surface area contributed by atoms with Crippen molar-refractivity contribution in [1.82, 2.24) is 5.32 Å². The summed E-state index contributed by atoms with van der Waals surface area (Å²) in [6, 6.07) is 0.534. The maximum Gasteiger partial charge on any atom is 0.308 e. The molecular formula is C17H31NO3. The highest BCUT2D eigenvalue weighted by atomic mass is 16.5. The van der Waals surface area contributed by atoms with Gasteiger partial charge in [-0.1, -0.05) is 13.8 Å². The van der Waals surface area contributed by atoms with Gasteiger partial charge in [0.05, 0.1) is 18.1 Å². The van der Waals surface area contributed by atoms with Crippen LogP contribution in [0.4, 0.5) is 0 Å². The molecule has 21 heavy (non-hydrogen) atoms. The Bertz CT molecular complexity index is 359. The molecule has 2 aliphatic carbocycles. The van der Waals surface area contributed by atoms with E-state index in [4.69, 9.17) is 4.74 Å². The normalized spacial score (nSPS) is 35.6. The molecular weight excluding hydrogens is 266 g/mol. The average molecular weight is 297 g/mol. The summed E-state index contributed by atoms with van der Waals surface area (Å²) in [4.78, 5) is 11.7. The van der Waals surface area contributed by atoms with Crippen LogP contribution in [0, 0.1) is 11.3 Å². The fourth-order valence-corrected chi connectivity index (χ4v) is 3.77. The molecule has 2 saturated carbocycles. The Morgan fingerprint density at radius 1 is 1.24 bits per heavy atom. The zero-order valence-electron chi connectivity index (χ0n) is 13.8. The molecule has 1 unspecified atom stereocenters. The molecule has 0 radical (unpaired) electrons. The minimum absolute atomic E-state index is 0.0179. The van der Waals surface area contributed by atoms with Crippen molar-refractivity contribution in [2.45, 2.75) is 77.4 Å². The molecule has 2 fully saturated rings. The molecule has 122 valence electrons. The van der Waals surface area contributed by atoms with Crippen molar-refractivity contribution in [3.8, 4) is 0 Å². The van der Waals surface area contributed by atoms with Crippen molar-refractivity contribution in [3.05, 3.63) is 0 Å². The molecule has 0 spiro atoms. The van der Waals surface area contributed by atoms with Crippen LogP contribution in [-0.4, -0.2) is 35.9 Å². The molecule has 4 heteroatoms. The fraction of sp³-hybridized carbons (Fsp3) is 0.941. The van der Waals surface area contributed by atoms with Crippen molar-refractivity contribution in [2.75, 3.05) is 13.2 Å². The van der Waals surface area contributed by atoms with Crippen LogP contribution >= 0.6 is 0 Å². The SMILES string of the molecule is CCOC(=O)C1CCC(O)(CNC2CCC(C)(C)C2)CC1. The van der Waals surface area contributed by atoms with Crippen LogP contribution in [-0.2, 0) is 9.53 Å². The highest BCUT2D eigenvalue weighted by molar-refractivity contribution is 5.72. The minimum Gasteiger partial charge on any atom is -0.466 e. The summed E-state index contributed by atoms with van der Waals surface area (Å²) in [5.41, 5.74) is -0.211. The van der Waals surface area contributed by atoms with Gasteiger partial charge in [-0.15, -0.1) is 0 Å². The van der Waals surface area contributed by atoms with Crippen molar-refractivity contribution in [1.29, 1.82) is 0 Å². The van der Waals surface area contributed by atoms with E-state index in [2.05, 4.69) is 19.2 Å². The average Bonchev–Trinajstić information content (AvgIpc) is 2.77. The van der Waals surface area contributed by atoms with E-state index in [9.17, 15) is 9.90 Å². The molecule has 2 rings (SSSR count). The topological polar surface area (TPSA) is 58.6 Å². The second kappa shape index (κ2) is 6.66. The summed E-state index contributed by atoms with van der Waals surface area (Å²) in [5, 5.41) is 14.2. The number of aliphatic hydroxyl groups is 1. The van der Waals surface area contributed by atoms with Gasteiger partial charge in [0, 0.05) is 12.6 Å². The molecule has 0 aliphatic heterocycles. The van der Waals surface area contributed by atoms with E-state index >= 15 is 0 Å². The zero-order valence-corrected chi connectivity index (χ0v) is 13.8. The Labute approximate surface area is 128 Å². The predicted molar refractivity (Wildman–Crippen MR) is 83.0 cm³/mol. The van der Waals surface area contributed by atoms with Gasteiger partial charge in [0.25, 0.3) is 0 Å². The first-order valence-electron chi connectivity index (χ1n) is 8.46. The first-order chi connectivity index (χ1) is 9.84. The molecule has 0 saturated heterocycles. The van der Waals surface area contributed by atoms with Crippen LogP contribution in [0.1, 0.15) is 65.7 Å². The van der Waals surface area contributed by atoms with E-state index < -0.39 is 5.60 Å². The molecule has 0 aromatic rings. The molecule has 0 amide bonds. The van der Waals surface area contributed by atoms with Gasteiger partial charge >= 0.3 is 5.97 Å². The van der Waals surface area contributed by atoms with E-state index in [1.165, 1.54) is 19.3 Å². The van der Waals surface area contributed by atoms with Gasteiger partial charge in [-0.2, -0.15) is 0 Å². The van der Waals surface area contributed by atoms with Gasteiger partial charge in [0.1, 0.15) is 0 Å². The van der Waals surface area contributed by atoms with Crippen LogP contribution in [0.25, 0.3) is 0 Å². The van der Waals surface area contributed by atoms with E-state index in [-0.39, 0.29) is 11.9 Å². The second-order valence-electron chi connectivity index (χ2n) is 7.74. The lowest BCUT2D eigenvalue weighted by Crippen LogP contribution is -2.47. The standard InChI is InChI=1S/C17H31NO3/c1-4-21-15(19)13-5-9-17(20,10-6-13)12-18-14-7-8-16(2,3)11-14/h13-14,18,20H,4-12H2,1-3H3. The lowest BCUT2D eigenvalue weighted by molar-refractivity contribution is -0.151. The number of nitrogens with one attached hydrogen (secondary N) is 1. The summed E-state index contributed by atoms with van der Waals surface area (Å²) >= 11 is 0. The van der Waals surface area contributed by atoms with Crippen molar-refractivity contribution in [2.24, 2.45) is 11.3 Å². The van der Waals surface area contributed by atoms with Crippen molar-refractivity contribution in [3.63, 3.8) is 0 Å². The van der Waals surface area contributed by atoms with Crippen molar-refractivity contribution < 1.29 is 14.6 Å². The summed E-state index contributed by atoms with van der Waals surface area (Å²) in [5.74, 6) is -0.110. The summed E-state index contributed by atoms with van der Waals surface area (Å²) in [6.07, 6.45) is 6.52. The van der Waals surface area contributed by atoms with Crippen LogP contribution in [0.2, 0.25) is 0 Å². The van der Waals surface area contributed by atoms with E-state index in [0.29, 0.717) is 37.5 Å². The maximum atomic E-state index is 11.7. The molecule has 1 atom stereocenters. The van der Waals surface area contributed by atoms with Crippen LogP contribution < -0.4 is 5.32 Å².